The third kappa shape index (κ3) is 6.52. The van der Waals surface area contributed by atoms with Gasteiger partial charge in [0.1, 0.15) is 0 Å². The van der Waals surface area contributed by atoms with Crippen molar-refractivity contribution in [3.63, 3.8) is 0 Å². The molecular weight excluding hydrogens is 414 g/mol. The van der Waals surface area contributed by atoms with Crippen LogP contribution >= 0.6 is 11.8 Å². The van der Waals surface area contributed by atoms with E-state index in [0.717, 1.165) is 4.68 Å². The van der Waals surface area contributed by atoms with Gasteiger partial charge in [-0.3, -0.25) is 0 Å². The monoisotopic (exact) mass is 426 g/mol. The van der Waals surface area contributed by atoms with Gasteiger partial charge >= 0.3 is 11.7 Å². The standard InChI is InChI=1S/C15H12F6N4O2S/c1-25-13(7-10(24-25)14(16,17)18)27-12-6-9(8-22)5-11(23-12)26-3-2-4-28-15(19,20)21/h5-7H,2-4H2,1H3. The third-order valence-corrected chi connectivity index (χ3v) is 3.87. The van der Waals surface area contributed by atoms with Crippen molar-refractivity contribution >= 4 is 11.8 Å². The van der Waals surface area contributed by atoms with Gasteiger partial charge in [-0.2, -0.15) is 41.7 Å². The Morgan fingerprint density at radius 3 is 2.39 bits per heavy atom. The fraction of sp³-hybridized carbons (Fsp3) is 0.400. The molecule has 0 unspecified atom stereocenters. The maximum absolute atomic E-state index is 12.7. The summed E-state index contributed by atoms with van der Waals surface area (Å²) in [5, 5.41) is 12.3. The van der Waals surface area contributed by atoms with Crippen LogP contribution in [0.15, 0.2) is 18.2 Å². The highest BCUT2D eigenvalue weighted by Gasteiger charge is 2.35. The predicted molar refractivity (Wildman–Crippen MR) is 85.9 cm³/mol. The summed E-state index contributed by atoms with van der Waals surface area (Å²) < 4.78 is 85.5. The molecule has 28 heavy (non-hydrogen) atoms. The highest BCUT2D eigenvalue weighted by Crippen LogP contribution is 2.32. The van der Waals surface area contributed by atoms with E-state index in [9.17, 15) is 26.3 Å². The van der Waals surface area contributed by atoms with Crippen LogP contribution < -0.4 is 9.47 Å². The van der Waals surface area contributed by atoms with E-state index in [2.05, 4.69) is 10.1 Å². The molecule has 2 aromatic heterocycles. The van der Waals surface area contributed by atoms with Crippen molar-refractivity contribution in [2.75, 3.05) is 12.4 Å². The molecule has 0 aromatic carbocycles. The molecule has 0 aliphatic rings. The fourth-order valence-corrected chi connectivity index (χ4v) is 2.38. The summed E-state index contributed by atoms with van der Waals surface area (Å²) in [7, 11) is 1.23. The van der Waals surface area contributed by atoms with Crippen molar-refractivity contribution in [2.45, 2.75) is 18.1 Å². The largest absolute Gasteiger partial charge is 0.478 e. The maximum atomic E-state index is 12.7. The minimum absolute atomic E-state index is 0.0443. The van der Waals surface area contributed by atoms with Crippen molar-refractivity contribution in [2.24, 2.45) is 7.05 Å². The first-order valence-electron chi connectivity index (χ1n) is 7.53. The first-order chi connectivity index (χ1) is 13.0. The molecule has 0 bridgehead atoms. The lowest BCUT2D eigenvalue weighted by atomic mass is 10.3. The normalized spacial score (nSPS) is 11.9. The Morgan fingerprint density at radius 2 is 1.82 bits per heavy atom. The van der Waals surface area contributed by atoms with Crippen molar-refractivity contribution < 1.29 is 35.8 Å². The zero-order valence-electron chi connectivity index (χ0n) is 14.1. The van der Waals surface area contributed by atoms with Crippen molar-refractivity contribution in [1.29, 1.82) is 5.26 Å². The number of nitrogens with zero attached hydrogens (tertiary/aromatic N) is 4. The minimum Gasteiger partial charge on any atom is -0.478 e. The van der Waals surface area contributed by atoms with E-state index in [1.807, 2.05) is 0 Å². The first-order valence-corrected chi connectivity index (χ1v) is 8.51. The summed E-state index contributed by atoms with van der Waals surface area (Å²) in [6.45, 7) is -0.103. The van der Waals surface area contributed by atoms with Crippen LogP contribution in [0.2, 0.25) is 0 Å². The molecule has 2 aromatic rings. The molecule has 2 rings (SSSR count). The van der Waals surface area contributed by atoms with Crippen LogP contribution in [0.25, 0.3) is 0 Å². The molecule has 6 nitrogen and oxygen atoms in total. The topological polar surface area (TPSA) is 73.0 Å². The second kappa shape index (κ2) is 8.59. The van der Waals surface area contributed by atoms with Gasteiger partial charge in [-0.25, -0.2) is 4.68 Å². The number of hydrogen-bond acceptors (Lipinski definition) is 6. The summed E-state index contributed by atoms with van der Waals surface area (Å²) in [5.41, 5.74) is -5.46. The van der Waals surface area contributed by atoms with E-state index < -0.39 is 17.4 Å². The SMILES string of the molecule is Cn1nc(C(F)(F)F)cc1Oc1cc(C#N)cc(OCCCSC(F)(F)F)n1. The van der Waals surface area contributed by atoms with E-state index in [-0.39, 0.29) is 53.7 Å². The van der Waals surface area contributed by atoms with Gasteiger partial charge in [0, 0.05) is 31.0 Å². The quantitative estimate of drug-likeness (QED) is 0.479. The average Bonchev–Trinajstić information content (AvgIpc) is 2.94. The van der Waals surface area contributed by atoms with E-state index in [4.69, 9.17) is 14.7 Å². The summed E-state index contributed by atoms with van der Waals surface area (Å²) in [6, 6.07) is 4.87. The number of thioether (sulfide) groups is 1. The molecule has 0 N–H and O–H groups in total. The Bertz CT molecular complexity index is 860. The number of aryl methyl sites for hydroxylation is 1. The smallest absolute Gasteiger partial charge is 0.441 e. The molecule has 0 radical (unpaired) electrons. The number of ether oxygens (including phenoxy) is 2. The van der Waals surface area contributed by atoms with Gasteiger partial charge in [0.05, 0.1) is 18.2 Å². The number of nitriles is 1. The fourth-order valence-electron chi connectivity index (χ4n) is 1.89. The van der Waals surface area contributed by atoms with Gasteiger partial charge in [0.2, 0.25) is 17.6 Å². The maximum Gasteiger partial charge on any atom is 0.441 e. The van der Waals surface area contributed by atoms with E-state index >= 15 is 0 Å². The number of pyridine rings is 1. The molecule has 0 fully saturated rings. The van der Waals surface area contributed by atoms with Gasteiger partial charge < -0.3 is 9.47 Å². The highest BCUT2D eigenvalue weighted by atomic mass is 32.2. The van der Waals surface area contributed by atoms with E-state index in [1.54, 1.807) is 6.07 Å². The summed E-state index contributed by atoms with van der Waals surface area (Å²) in [4.78, 5) is 3.89. The Hall–Kier alpha value is -2.62. The van der Waals surface area contributed by atoms with Crippen LogP contribution in [0.1, 0.15) is 17.7 Å². The lowest BCUT2D eigenvalue weighted by Gasteiger charge is -2.09. The molecule has 2 heterocycles. The van der Waals surface area contributed by atoms with Gasteiger partial charge in [-0.15, -0.1) is 0 Å². The van der Waals surface area contributed by atoms with Gasteiger partial charge in [0.25, 0.3) is 0 Å². The lowest BCUT2D eigenvalue weighted by Crippen LogP contribution is -2.06. The van der Waals surface area contributed by atoms with Crippen molar-refractivity contribution in [1.82, 2.24) is 14.8 Å². The summed E-state index contributed by atoms with van der Waals surface area (Å²) in [5.74, 6) is -0.831. The second-order valence-electron chi connectivity index (χ2n) is 5.23. The van der Waals surface area contributed by atoms with Gasteiger partial charge in [-0.05, 0) is 6.42 Å². The second-order valence-corrected chi connectivity index (χ2v) is 6.39. The molecule has 0 spiro atoms. The third-order valence-electron chi connectivity index (χ3n) is 3.05. The Morgan fingerprint density at radius 1 is 1.14 bits per heavy atom. The molecule has 0 aliphatic heterocycles. The Kier molecular flexibility index (Phi) is 6.65. The number of alkyl halides is 6. The molecule has 152 valence electrons. The minimum atomic E-state index is -4.66. The summed E-state index contributed by atoms with van der Waals surface area (Å²) in [6.07, 6.45) is -4.60. The molecule has 0 saturated heterocycles. The van der Waals surface area contributed by atoms with Crippen LogP contribution in [-0.2, 0) is 13.2 Å². The molecular formula is C15H12F6N4O2S. The average molecular weight is 426 g/mol. The Labute approximate surface area is 159 Å². The van der Waals surface area contributed by atoms with Crippen molar-refractivity contribution in [3.8, 4) is 23.7 Å². The number of halogens is 6. The zero-order chi connectivity index (χ0) is 20.9. The van der Waals surface area contributed by atoms with Crippen LogP contribution in [0, 0.1) is 11.3 Å². The summed E-state index contributed by atoms with van der Waals surface area (Å²) >= 11 is -0.192. The predicted octanol–water partition coefficient (Wildman–Crippen LogP) is 4.52. The van der Waals surface area contributed by atoms with Gasteiger partial charge in [-0.1, -0.05) is 11.8 Å². The number of rotatable bonds is 7. The van der Waals surface area contributed by atoms with E-state index in [0.29, 0.717) is 6.07 Å². The zero-order valence-corrected chi connectivity index (χ0v) is 15.0. The molecule has 0 amide bonds. The highest BCUT2D eigenvalue weighted by molar-refractivity contribution is 8.00. The number of hydrogen-bond donors (Lipinski definition) is 0. The van der Waals surface area contributed by atoms with Crippen LogP contribution in [0.4, 0.5) is 26.3 Å². The van der Waals surface area contributed by atoms with Crippen LogP contribution in [0.5, 0.6) is 17.6 Å². The first kappa shape index (κ1) is 21.7. The van der Waals surface area contributed by atoms with Crippen LogP contribution in [-0.4, -0.2) is 32.6 Å². The van der Waals surface area contributed by atoms with Crippen molar-refractivity contribution in [3.05, 3.63) is 29.5 Å². The van der Waals surface area contributed by atoms with Crippen LogP contribution in [0.3, 0.4) is 0 Å². The Balaban J connectivity index is 2.07. The molecule has 0 aliphatic carbocycles. The lowest BCUT2D eigenvalue weighted by molar-refractivity contribution is -0.141. The number of aromatic nitrogens is 3. The molecule has 0 saturated carbocycles. The van der Waals surface area contributed by atoms with E-state index in [1.165, 1.54) is 19.2 Å². The molecule has 13 heteroatoms. The molecule has 0 atom stereocenters. The van der Waals surface area contributed by atoms with Gasteiger partial charge in [0.15, 0.2) is 5.69 Å².